The minimum absolute atomic E-state index is 0.0926. The number of anilines is 1. The van der Waals surface area contributed by atoms with Crippen LogP contribution in [0, 0.1) is 11.3 Å². The third-order valence-electron chi connectivity index (χ3n) is 3.38. The molecule has 1 aromatic heterocycles. The lowest BCUT2D eigenvalue weighted by molar-refractivity contribution is -0.113. The molecule has 0 aliphatic carbocycles. The van der Waals surface area contributed by atoms with Crippen molar-refractivity contribution in [3.8, 4) is 6.07 Å². The molecule has 3 aromatic rings. The molecule has 6 heteroatoms. The van der Waals surface area contributed by atoms with Crippen LogP contribution in [0.2, 0.25) is 0 Å². The molecule has 0 aliphatic rings. The molecule has 0 radical (unpaired) electrons. The minimum atomic E-state index is -0.0926. The molecule has 3 rings (SSSR count). The van der Waals surface area contributed by atoms with Crippen molar-refractivity contribution < 1.29 is 4.79 Å². The summed E-state index contributed by atoms with van der Waals surface area (Å²) in [5.74, 6) is 0.538. The van der Waals surface area contributed by atoms with Gasteiger partial charge in [-0.2, -0.15) is 5.26 Å². The fraction of sp³-hybridized carbons (Fsp3) is 0.105. The fourth-order valence-electron chi connectivity index (χ4n) is 2.26. The standard InChI is InChI=1S/C19H15N3OS2/c20-11-12-24-17-8-4-3-7-16(17)21-18(23)13-25-19-10-9-14-5-1-2-6-15(14)22-19/h1-10H,12-13H2,(H,21,23). The number of rotatable bonds is 6. The zero-order valence-electron chi connectivity index (χ0n) is 13.3. The van der Waals surface area contributed by atoms with Crippen molar-refractivity contribution in [1.29, 1.82) is 5.26 Å². The van der Waals surface area contributed by atoms with Gasteiger partial charge in [-0.05, 0) is 24.3 Å². The Hall–Kier alpha value is -2.49. The number of nitrogens with one attached hydrogen (secondary N) is 1. The maximum atomic E-state index is 12.2. The first-order valence-electron chi connectivity index (χ1n) is 7.63. The molecule has 0 unspecified atom stereocenters. The molecule has 0 atom stereocenters. The summed E-state index contributed by atoms with van der Waals surface area (Å²) < 4.78 is 0. The molecule has 1 N–H and O–H groups in total. The van der Waals surface area contributed by atoms with Crippen LogP contribution in [0.3, 0.4) is 0 Å². The van der Waals surface area contributed by atoms with Crippen LogP contribution in [-0.2, 0) is 4.79 Å². The molecule has 25 heavy (non-hydrogen) atoms. The average molecular weight is 365 g/mol. The number of fused-ring (bicyclic) bond motifs is 1. The maximum Gasteiger partial charge on any atom is 0.234 e. The highest BCUT2D eigenvalue weighted by Gasteiger charge is 2.08. The van der Waals surface area contributed by atoms with E-state index in [0.717, 1.165) is 26.5 Å². The molecular formula is C19H15N3OS2. The van der Waals surface area contributed by atoms with E-state index in [4.69, 9.17) is 5.26 Å². The molecule has 0 spiro atoms. The predicted molar refractivity (Wildman–Crippen MR) is 104 cm³/mol. The Morgan fingerprint density at radius 3 is 2.72 bits per heavy atom. The first-order valence-corrected chi connectivity index (χ1v) is 9.60. The summed E-state index contributed by atoms with van der Waals surface area (Å²) in [6, 6.07) is 21.4. The molecule has 1 heterocycles. The summed E-state index contributed by atoms with van der Waals surface area (Å²) in [6.45, 7) is 0. The topological polar surface area (TPSA) is 65.8 Å². The Morgan fingerprint density at radius 2 is 1.84 bits per heavy atom. The Labute approximate surface area is 154 Å². The quantitative estimate of drug-likeness (QED) is 0.648. The Kier molecular flexibility index (Phi) is 5.94. The molecular weight excluding hydrogens is 350 g/mol. The summed E-state index contributed by atoms with van der Waals surface area (Å²) in [5, 5.41) is 13.5. The second kappa shape index (κ2) is 8.56. The van der Waals surface area contributed by atoms with Gasteiger partial charge in [0.05, 0.1) is 33.8 Å². The van der Waals surface area contributed by atoms with Gasteiger partial charge in [0.25, 0.3) is 0 Å². The number of hydrogen-bond donors (Lipinski definition) is 1. The number of carbonyl (C=O) groups is 1. The number of thioether (sulfide) groups is 2. The monoisotopic (exact) mass is 365 g/mol. The largest absolute Gasteiger partial charge is 0.324 e. The molecule has 1 amide bonds. The van der Waals surface area contributed by atoms with Crippen molar-refractivity contribution in [1.82, 2.24) is 4.98 Å². The second-order valence-corrected chi connectivity index (χ2v) is 7.13. The van der Waals surface area contributed by atoms with Gasteiger partial charge in [-0.15, -0.1) is 11.8 Å². The van der Waals surface area contributed by atoms with Crippen LogP contribution in [-0.4, -0.2) is 22.4 Å². The number of nitriles is 1. The van der Waals surface area contributed by atoms with E-state index in [1.807, 2.05) is 60.7 Å². The first kappa shape index (κ1) is 17.3. The molecule has 4 nitrogen and oxygen atoms in total. The molecule has 0 saturated carbocycles. The van der Waals surface area contributed by atoms with Crippen LogP contribution < -0.4 is 5.32 Å². The zero-order valence-corrected chi connectivity index (χ0v) is 14.9. The number of pyridine rings is 1. The molecule has 0 aliphatic heterocycles. The minimum Gasteiger partial charge on any atom is -0.324 e. The second-order valence-electron chi connectivity index (χ2n) is 5.12. The summed E-state index contributed by atoms with van der Waals surface area (Å²) in [4.78, 5) is 17.7. The van der Waals surface area contributed by atoms with E-state index in [0.29, 0.717) is 5.75 Å². The van der Waals surface area contributed by atoms with Crippen molar-refractivity contribution in [2.24, 2.45) is 0 Å². The highest BCUT2D eigenvalue weighted by Crippen LogP contribution is 2.27. The lowest BCUT2D eigenvalue weighted by Gasteiger charge is -2.09. The van der Waals surface area contributed by atoms with Crippen LogP contribution in [0.5, 0.6) is 0 Å². The van der Waals surface area contributed by atoms with Crippen molar-refractivity contribution in [3.63, 3.8) is 0 Å². The Balaban J connectivity index is 1.62. The van der Waals surface area contributed by atoms with Crippen molar-refractivity contribution in [2.45, 2.75) is 9.92 Å². The highest BCUT2D eigenvalue weighted by molar-refractivity contribution is 8.00. The van der Waals surface area contributed by atoms with Gasteiger partial charge < -0.3 is 5.32 Å². The Morgan fingerprint density at radius 1 is 1.04 bits per heavy atom. The van der Waals surface area contributed by atoms with Gasteiger partial charge >= 0.3 is 0 Å². The zero-order chi connectivity index (χ0) is 17.5. The van der Waals surface area contributed by atoms with Gasteiger partial charge in [0.15, 0.2) is 0 Å². The number of aromatic nitrogens is 1. The number of benzene rings is 2. The fourth-order valence-corrected chi connectivity index (χ4v) is 3.61. The lowest BCUT2D eigenvalue weighted by Crippen LogP contribution is -2.14. The maximum absolute atomic E-state index is 12.2. The lowest BCUT2D eigenvalue weighted by atomic mass is 10.2. The smallest absolute Gasteiger partial charge is 0.234 e. The number of nitrogens with zero attached hydrogens (tertiary/aromatic N) is 2. The normalized spacial score (nSPS) is 10.4. The van der Waals surface area contributed by atoms with E-state index in [1.54, 1.807) is 0 Å². The molecule has 0 bridgehead atoms. The first-order chi connectivity index (χ1) is 12.3. The Bertz CT molecular complexity index is 937. The summed E-state index contributed by atoms with van der Waals surface area (Å²) in [7, 11) is 0. The summed E-state index contributed by atoms with van der Waals surface area (Å²) >= 11 is 2.81. The SMILES string of the molecule is N#CCSc1ccccc1NC(=O)CSc1ccc2ccccc2n1. The summed E-state index contributed by atoms with van der Waals surface area (Å²) in [6.07, 6.45) is 0. The molecule has 2 aromatic carbocycles. The van der Waals surface area contributed by atoms with Crippen LogP contribution >= 0.6 is 23.5 Å². The van der Waals surface area contributed by atoms with Gasteiger partial charge in [-0.25, -0.2) is 4.98 Å². The van der Waals surface area contributed by atoms with E-state index < -0.39 is 0 Å². The van der Waals surface area contributed by atoms with E-state index in [1.165, 1.54) is 23.5 Å². The van der Waals surface area contributed by atoms with E-state index in [9.17, 15) is 4.79 Å². The molecule has 0 saturated heterocycles. The third-order valence-corrected chi connectivity index (χ3v) is 5.25. The predicted octanol–water partition coefficient (Wildman–Crippen LogP) is 4.58. The van der Waals surface area contributed by atoms with Crippen LogP contribution in [0.25, 0.3) is 10.9 Å². The van der Waals surface area contributed by atoms with Gasteiger partial charge in [-0.3, -0.25) is 4.79 Å². The number of amides is 1. The van der Waals surface area contributed by atoms with Crippen LogP contribution in [0.15, 0.2) is 70.6 Å². The highest BCUT2D eigenvalue weighted by atomic mass is 32.2. The van der Waals surface area contributed by atoms with Crippen LogP contribution in [0.1, 0.15) is 0 Å². The van der Waals surface area contributed by atoms with Crippen molar-refractivity contribution in [2.75, 3.05) is 16.8 Å². The number of carbonyl (C=O) groups excluding carboxylic acids is 1. The number of para-hydroxylation sites is 2. The van der Waals surface area contributed by atoms with E-state index >= 15 is 0 Å². The van der Waals surface area contributed by atoms with Gasteiger partial charge in [-0.1, -0.05) is 48.2 Å². The van der Waals surface area contributed by atoms with Crippen molar-refractivity contribution in [3.05, 3.63) is 60.7 Å². The van der Waals surface area contributed by atoms with Gasteiger partial charge in [0, 0.05) is 10.3 Å². The average Bonchev–Trinajstić information content (AvgIpc) is 2.65. The molecule has 0 fully saturated rings. The van der Waals surface area contributed by atoms with E-state index in [2.05, 4.69) is 16.4 Å². The van der Waals surface area contributed by atoms with Gasteiger partial charge in [0.2, 0.25) is 5.91 Å². The van der Waals surface area contributed by atoms with Crippen molar-refractivity contribution >= 4 is 46.0 Å². The number of hydrogen-bond acceptors (Lipinski definition) is 5. The molecule has 124 valence electrons. The van der Waals surface area contributed by atoms with Crippen LogP contribution in [0.4, 0.5) is 5.69 Å². The summed E-state index contributed by atoms with van der Waals surface area (Å²) in [5.41, 5.74) is 1.66. The van der Waals surface area contributed by atoms with E-state index in [-0.39, 0.29) is 11.7 Å². The van der Waals surface area contributed by atoms with Gasteiger partial charge in [0.1, 0.15) is 0 Å². The third kappa shape index (κ3) is 4.75.